The molecular formula is C18H25N3O4S. The van der Waals surface area contributed by atoms with Gasteiger partial charge < -0.3 is 10.6 Å². The van der Waals surface area contributed by atoms with Crippen molar-refractivity contribution >= 4 is 21.7 Å². The maximum Gasteiger partial charge on any atom is 0.223 e. The van der Waals surface area contributed by atoms with Gasteiger partial charge in [-0.15, -0.1) is 0 Å². The lowest BCUT2D eigenvalue weighted by Gasteiger charge is -2.27. The molecule has 8 heteroatoms. The van der Waals surface area contributed by atoms with Crippen LogP contribution in [-0.2, 0) is 26.0 Å². The van der Waals surface area contributed by atoms with Crippen LogP contribution in [0.15, 0.2) is 24.5 Å². The summed E-state index contributed by atoms with van der Waals surface area (Å²) in [6, 6.07) is 3.49. The minimum atomic E-state index is -2.99. The van der Waals surface area contributed by atoms with E-state index in [2.05, 4.69) is 15.6 Å². The molecule has 1 aromatic heterocycles. The van der Waals surface area contributed by atoms with Crippen LogP contribution in [0, 0.1) is 11.8 Å². The van der Waals surface area contributed by atoms with Crippen LogP contribution in [0.4, 0.5) is 0 Å². The van der Waals surface area contributed by atoms with Gasteiger partial charge in [0.2, 0.25) is 11.8 Å². The Morgan fingerprint density at radius 1 is 1.08 bits per heavy atom. The monoisotopic (exact) mass is 379 g/mol. The van der Waals surface area contributed by atoms with Crippen LogP contribution >= 0.6 is 0 Å². The van der Waals surface area contributed by atoms with E-state index in [-0.39, 0.29) is 41.2 Å². The van der Waals surface area contributed by atoms with E-state index in [4.69, 9.17) is 0 Å². The summed E-state index contributed by atoms with van der Waals surface area (Å²) in [5, 5.41) is 5.80. The number of amides is 2. The molecule has 2 N–H and O–H groups in total. The average molecular weight is 379 g/mol. The first-order chi connectivity index (χ1) is 12.4. The van der Waals surface area contributed by atoms with Gasteiger partial charge in [0.05, 0.1) is 11.5 Å². The maximum absolute atomic E-state index is 12.3. The maximum atomic E-state index is 12.3. The van der Waals surface area contributed by atoms with Crippen molar-refractivity contribution in [2.45, 2.75) is 44.7 Å². The summed E-state index contributed by atoms with van der Waals surface area (Å²) in [6.07, 6.45) is 6.61. The number of nitrogens with one attached hydrogen (secondary N) is 2. The topological polar surface area (TPSA) is 105 Å². The highest BCUT2D eigenvalue weighted by atomic mass is 32.2. The third-order valence-electron chi connectivity index (χ3n) is 5.24. The van der Waals surface area contributed by atoms with Crippen LogP contribution in [0.2, 0.25) is 0 Å². The third-order valence-corrected chi connectivity index (χ3v) is 7.01. The quantitative estimate of drug-likeness (QED) is 0.788. The van der Waals surface area contributed by atoms with Crippen molar-refractivity contribution in [1.29, 1.82) is 0 Å². The van der Waals surface area contributed by atoms with E-state index >= 15 is 0 Å². The van der Waals surface area contributed by atoms with Gasteiger partial charge in [-0.2, -0.15) is 0 Å². The van der Waals surface area contributed by atoms with Gasteiger partial charge >= 0.3 is 0 Å². The van der Waals surface area contributed by atoms with E-state index < -0.39 is 9.84 Å². The Morgan fingerprint density at radius 2 is 1.77 bits per heavy atom. The zero-order chi connectivity index (χ0) is 18.6. The van der Waals surface area contributed by atoms with Crippen molar-refractivity contribution in [3.63, 3.8) is 0 Å². The standard InChI is InChI=1S/C18H25N3O4S/c22-17(20-11-13-2-1-8-19-10-13)14-3-5-15(6-4-14)18(23)21-16-7-9-26(24,25)12-16/h1-2,8,10,14-16H,3-7,9,11-12H2,(H,20,22)(H,21,23). The number of hydrogen-bond donors (Lipinski definition) is 2. The molecule has 1 saturated carbocycles. The van der Waals surface area contributed by atoms with Gasteiger partial charge in [-0.25, -0.2) is 8.42 Å². The molecule has 26 heavy (non-hydrogen) atoms. The highest BCUT2D eigenvalue weighted by molar-refractivity contribution is 7.91. The Labute approximate surface area is 153 Å². The summed E-state index contributed by atoms with van der Waals surface area (Å²) in [6.45, 7) is 0.462. The van der Waals surface area contributed by atoms with Crippen LogP contribution in [0.1, 0.15) is 37.7 Å². The fourth-order valence-electron chi connectivity index (χ4n) is 3.68. The lowest BCUT2D eigenvalue weighted by atomic mass is 9.81. The zero-order valence-electron chi connectivity index (χ0n) is 14.7. The highest BCUT2D eigenvalue weighted by Gasteiger charge is 2.33. The van der Waals surface area contributed by atoms with Crippen molar-refractivity contribution in [2.24, 2.45) is 11.8 Å². The summed E-state index contributed by atoms with van der Waals surface area (Å²) in [5.74, 6) is -0.0359. The van der Waals surface area contributed by atoms with Crippen molar-refractivity contribution in [3.8, 4) is 0 Å². The minimum Gasteiger partial charge on any atom is -0.352 e. The lowest BCUT2D eigenvalue weighted by molar-refractivity contribution is -0.130. The molecule has 1 unspecified atom stereocenters. The summed E-state index contributed by atoms with van der Waals surface area (Å²) < 4.78 is 23.0. The Balaban J connectivity index is 1.40. The molecule has 0 bridgehead atoms. The Bertz CT molecular complexity index is 743. The van der Waals surface area contributed by atoms with Crippen LogP contribution < -0.4 is 10.6 Å². The predicted octanol–water partition coefficient (Wildman–Crippen LogP) is 0.807. The molecule has 2 fully saturated rings. The van der Waals surface area contributed by atoms with Crippen molar-refractivity contribution in [3.05, 3.63) is 30.1 Å². The number of nitrogens with zero attached hydrogens (tertiary/aromatic N) is 1. The van der Waals surface area contributed by atoms with Crippen molar-refractivity contribution in [1.82, 2.24) is 15.6 Å². The summed E-state index contributed by atoms with van der Waals surface area (Å²) in [7, 11) is -2.99. The number of sulfone groups is 1. The number of aromatic nitrogens is 1. The van der Waals surface area contributed by atoms with Gasteiger partial charge in [0.25, 0.3) is 0 Å². The molecule has 1 atom stereocenters. The Hall–Kier alpha value is -1.96. The smallest absolute Gasteiger partial charge is 0.223 e. The number of carbonyl (C=O) groups excluding carboxylic acids is 2. The SMILES string of the molecule is O=C(NCc1cccnc1)C1CCC(C(=O)NC2CCS(=O)(=O)C2)CC1. The normalized spacial score (nSPS) is 27.6. The molecule has 1 aliphatic carbocycles. The molecular weight excluding hydrogens is 354 g/mol. The van der Waals surface area contributed by atoms with Gasteiger partial charge in [-0.05, 0) is 43.7 Å². The third kappa shape index (κ3) is 5.03. The van der Waals surface area contributed by atoms with Crippen LogP contribution in [0.5, 0.6) is 0 Å². The molecule has 0 spiro atoms. The molecule has 1 aliphatic heterocycles. The second-order valence-electron chi connectivity index (χ2n) is 7.24. The number of carbonyl (C=O) groups is 2. The fourth-order valence-corrected chi connectivity index (χ4v) is 5.36. The van der Waals surface area contributed by atoms with Crippen molar-refractivity contribution < 1.29 is 18.0 Å². The summed E-state index contributed by atoms with van der Waals surface area (Å²) in [4.78, 5) is 28.7. The Morgan fingerprint density at radius 3 is 2.35 bits per heavy atom. The molecule has 3 rings (SSSR count). The fraction of sp³-hybridized carbons (Fsp3) is 0.611. The summed E-state index contributed by atoms with van der Waals surface area (Å²) in [5.41, 5.74) is 0.959. The molecule has 7 nitrogen and oxygen atoms in total. The first kappa shape index (κ1) is 18.8. The average Bonchev–Trinajstić information content (AvgIpc) is 2.99. The highest BCUT2D eigenvalue weighted by Crippen LogP contribution is 2.29. The minimum absolute atomic E-state index is 0.0228. The Kier molecular flexibility index (Phi) is 5.90. The van der Waals surface area contributed by atoms with E-state index in [1.807, 2.05) is 12.1 Å². The zero-order valence-corrected chi connectivity index (χ0v) is 15.5. The predicted molar refractivity (Wildman–Crippen MR) is 96.7 cm³/mol. The number of pyridine rings is 1. The van der Waals surface area contributed by atoms with Gasteiger partial charge in [0, 0.05) is 36.8 Å². The number of rotatable bonds is 5. The van der Waals surface area contributed by atoms with Gasteiger partial charge in [0.15, 0.2) is 9.84 Å². The largest absolute Gasteiger partial charge is 0.352 e. The van der Waals surface area contributed by atoms with E-state index in [9.17, 15) is 18.0 Å². The second-order valence-corrected chi connectivity index (χ2v) is 9.46. The molecule has 2 aliphatic rings. The van der Waals surface area contributed by atoms with Crippen LogP contribution in [-0.4, -0.2) is 42.8 Å². The molecule has 0 radical (unpaired) electrons. The molecule has 2 heterocycles. The lowest BCUT2D eigenvalue weighted by Crippen LogP contribution is -2.42. The van der Waals surface area contributed by atoms with Gasteiger partial charge in [-0.1, -0.05) is 6.07 Å². The van der Waals surface area contributed by atoms with Crippen molar-refractivity contribution in [2.75, 3.05) is 11.5 Å². The van der Waals surface area contributed by atoms with E-state index in [1.165, 1.54) is 0 Å². The van der Waals surface area contributed by atoms with Crippen LogP contribution in [0.25, 0.3) is 0 Å². The van der Waals surface area contributed by atoms with E-state index in [1.54, 1.807) is 12.4 Å². The second kappa shape index (κ2) is 8.16. The van der Waals surface area contributed by atoms with Crippen LogP contribution in [0.3, 0.4) is 0 Å². The first-order valence-electron chi connectivity index (χ1n) is 9.10. The van der Waals surface area contributed by atoms with E-state index in [0.717, 1.165) is 5.56 Å². The van der Waals surface area contributed by atoms with Gasteiger partial charge in [-0.3, -0.25) is 14.6 Å². The molecule has 142 valence electrons. The molecule has 2 amide bonds. The van der Waals surface area contributed by atoms with Gasteiger partial charge in [0.1, 0.15) is 0 Å². The summed E-state index contributed by atoms with van der Waals surface area (Å²) >= 11 is 0. The molecule has 0 aromatic carbocycles. The first-order valence-corrected chi connectivity index (χ1v) is 10.9. The molecule has 1 aromatic rings. The number of hydrogen-bond acceptors (Lipinski definition) is 5. The van der Waals surface area contributed by atoms with E-state index in [0.29, 0.717) is 38.6 Å². The molecule has 1 saturated heterocycles.